The van der Waals surface area contributed by atoms with Crippen LogP contribution < -0.4 is 0 Å². The minimum atomic E-state index is -1.26. The van der Waals surface area contributed by atoms with Gasteiger partial charge in [-0.1, -0.05) is 24.3 Å². The molecule has 0 saturated heterocycles. The third-order valence-electron chi connectivity index (χ3n) is 5.96. The maximum Gasteiger partial charge on any atom is 0.166 e. The molecule has 1 aliphatic carbocycles. The summed E-state index contributed by atoms with van der Waals surface area (Å²) in [5, 5.41) is 9.60. The van der Waals surface area contributed by atoms with E-state index in [0.29, 0.717) is 30.0 Å². The van der Waals surface area contributed by atoms with Crippen molar-refractivity contribution in [2.24, 2.45) is 5.92 Å². The first-order chi connectivity index (χ1) is 15.3. The Morgan fingerprint density at radius 2 is 1.66 bits per heavy atom. The minimum absolute atomic E-state index is 0.0326. The number of hydrogen-bond acceptors (Lipinski definition) is 3. The summed E-state index contributed by atoms with van der Waals surface area (Å²) in [6.45, 7) is 0. The average molecular weight is 438 g/mol. The Kier molecular flexibility index (Phi) is 6.12. The van der Waals surface area contributed by atoms with Crippen molar-refractivity contribution in [3.63, 3.8) is 0 Å². The molecule has 0 aliphatic heterocycles. The minimum Gasteiger partial charge on any atom is -0.508 e. The lowest BCUT2D eigenvalue weighted by Crippen LogP contribution is -2.24. The second kappa shape index (κ2) is 8.99. The molecule has 4 rings (SSSR count). The number of phenolic OH excluding ortho intramolecular Hbond substituents is 1. The average Bonchev–Trinajstić information content (AvgIpc) is 2.77. The van der Waals surface area contributed by atoms with E-state index in [1.165, 1.54) is 6.07 Å². The second-order valence-corrected chi connectivity index (χ2v) is 8.12. The van der Waals surface area contributed by atoms with Crippen molar-refractivity contribution in [2.45, 2.75) is 32.1 Å². The molecule has 1 N–H and O–H groups in total. The Balaban J connectivity index is 1.38. The number of benzene rings is 3. The molecule has 0 fully saturated rings. The molecule has 0 spiro atoms. The van der Waals surface area contributed by atoms with Gasteiger partial charge in [-0.15, -0.1) is 0 Å². The molecule has 164 valence electrons. The molecule has 0 amide bonds. The van der Waals surface area contributed by atoms with Gasteiger partial charge in [-0.05, 0) is 66.6 Å². The Morgan fingerprint density at radius 3 is 2.41 bits per heavy atom. The van der Waals surface area contributed by atoms with Crippen LogP contribution in [0.3, 0.4) is 0 Å². The fraction of sp³-hybridized carbons (Fsp3) is 0.231. The first-order valence-corrected chi connectivity index (χ1v) is 10.4. The molecule has 0 heterocycles. The van der Waals surface area contributed by atoms with Crippen molar-refractivity contribution in [1.82, 2.24) is 0 Å². The third-order valence-corrected chi connectivity index (χ3v) is 5.96. The molecule has 32 heavy (non-hydrogen) atoms. The van der Waals surface area contributed by atoms with Gasteiger partial charge in [0.15, 0.2) is 23.2 Å². The predicted molar refractivity (Wildman–Crippen MR) is 113 cm³/mol. The summed E-state index contributed by atoms with van der Waals surface area (Å²) in [6.07, 6.45) is 1.89. The zero-order valence-corrected chi connectivity index (χ0v) is 17.2. The summed E-state index contributed by atoms with van der Waals surface area (Å²) in [7, 11) is 0. The van der Waals surface area contributed by atoms with E-state index in [1.54, 1.807) is 36.4 Å². The van der Waals surface area contributed by atoms with Gasteiger partial charge >= 0.3 is 0 Å². The van der Waals surface area contributed by atoms with Crippen molar-refractivity contribution in [2.75, 3.05) is 0 Å². The molecule has 3 nitrogen and oxygen atoms in total. The van der Waals surface area contributed by atoms with Crippen LogP contribution in [-0.2, 0) is 19.3 Å². The highest BCUT2D eigenvalue weighted by molar-refractivity contribution is 6.00. The first kappa shape index (κ1) is 21.8. The van der Waals surface area contributed by atoms with Crippen molar-refractivity contribution in [3.8, 4) is 5.75 Å². The van der Waals surface area contributed by atoms with E-state index in [2.05, 4.69) is 0 Å². The van der Waals surface area contributed by atoms with Crippen LogP contribution >= 0.6 is 0 Å². The van der Waals surface area contributed by atoms with E-state index < -0.39 is 17.5 Å². The summed E-state index contributed by atoms with van der Waals surface area (Å²) < 4.78 is 40.1. The predicted octanol–water partition coefficient (Wildman–Crippen LogP) is 5.61. The van der Waals surface area contributed by atoms with Gasteiger partial charge in [0.25, 0.3) is 0 Å². The van der Waals surface area contributed by atoms with Crippen LogP contribution in [0.15, 0.2) is 54.6 Å². The molecule has 6 heteroatoms. The van der Waals surface area contributed by atoms with Crippen LogP contribution in [0, 0.1) is 23.4 Å². The summed E-state index contributed by atoms with van der Waals surface area (Å²) in [6, 6.07) is 13.0. The van der Waals surface area contributed by atoms with Gasteiger partial charge in [0.05, 0.1) is 0 Å². The topological polar surface area (TPSA) is 54.4 Å². The highest BCUT2D eigenvalue weighted by atomic mass is 19.2. The maximum atomic E-state index is 13.7. The lowest BCUT2D eigenvalue weighted by atomic mass is 9.79. The number of aryl methyl sites for hydroxylation is 2. The Hall–Kier alpha value is -3.41. The van der Waals surface area contributed by atoms with Gasteiger partial charge in [-0.3, -0.25) is 9.59 Å². The fourth-order valence-corrected chi connectivity index (χ4v) is 4.16. The monoisotopic (exact) mass is 438 g/mol. The molecule has 1 aliphatic rings. The van der Waals surface area contributed by atoms with E-state index in [1.807, 2.05) is 0 Å². The first-order valence-electron chi connectivity index (χ1n) is 10.4. The quantitative estimate of drug-likeness (QED) is 0.402. The van der Waals surface area contributed by atoms with Gasteiger partial charge in [0.1, 0.15) is 11.6 Å². The van der Waals surface area contributed by atoms with Gasteiger partial charge in [0.2, 0.25) is 0 Å². The van der Waals surface area contributed by atoms with Crippen LogP contribution in [-0.4, -0.2) is 16.7 Å². The molecule has 0 saturated carbocycles. The number of aromatic hydroxyl groups is 1. The fourth-order valence-electron chi connectivity index (χ4n) is 4.16. The number of rotatable bonds is 6. The number of carbonyl (C=O) groups excluding carboxylic acids is 2. The van der Waals surface area contributed by atoms with E-state index >= 15 is 0 Å². The highest BCUT2D eigenvalue weighted by Gasteiger charge is 2.27. The van der Waals surface area contributed by atoms with Crippen molar-refractivity contribution < 1.29 is 27.9 Å². The van der Waals surface area contributed by atoms with E-state index in [9.17, 15) is 27.9 Å². The molecule has 3 aromatic carbocycles. The van der Waals surface area contributed by atoms with Crippen molar-refractivity contribution in [3.05, 3.63) is 99.9 Å². The van der Waals surface area contributed by atoms with Gasteiger partial charge in [-0.2, -0.15) is 0 Å². The summed E-state index contributed by atoms with van der Waals surface area (Å²) >= 11 is 0. The van der Waals surface area contributed by atoms with Crippen LogP contribution in [0.1, 0.15) is 50.2 Å². The molecule has 1 atom stereocenters. The Bertz CT molecular complexity index is 1190. The number of carbonyl (C=O) groups is 2. The smallest absolute Gasteiger partial charge is 0.166 e. The molecule has 0 bridgehead atoms. The maximum absolute atomic E-state index is 13.7. The number of ketones is 2. The van der Waals surface area contributed by atoms with Crippen LogP contribution in [0.2, 0.25) is 0 Å². The molecule has 3 aromatic rings. The van der Waals surface area contributed by atoms with Gasteiger partial charge in [0, 0.05) is 29.5 Å². The lowest BCUT2D eigenvalue weighted by molar-refractivity contribution is 0.0900. The van der Waals surface area contributed by atoms with E-state index in [-0.39, 0.29) is 41.6 Å². The molecule has 1 unspecified atom stereocenters. The molecule has 0 radical (unpaired) electrons. The number of hydrogen-bond donors (Lipinski definition) is 1. The van der Waals surface area contributed by atoms with Gasteiger partial charge < -0.3 is 5.11 Å². The standard InChI is InChI=1S/C26H21F3O3/c27-22-14-24(29)23(28)13-18(22)7-10-25(31)16-3-1-15(2-4-16)11-19-6-5-17-12-20(30)8-9-21(17)26(19)32/h1-4,8-9,12-14,19,30H,5-7,10-11H2. The lowest BCUT2D eigenvalue weighted by Gasteiger charge is -2.23. The normalized spacial score (nSPS) is 15.5. The Morgan fingerprint density at radius 1 is 0.938 bits per heavy atom. The number of Topliss-reactive ketones (excluding diaryl/α,β-unsaturated/α-hetero) is 2. The Labute approximate surface area is 183 Å². The van der Waals surface area contributed by atoms with Gasteiger partial charge in [-0.25, -0.2) is 13.2 Å². The zero-order chi connectivity index (χ0) is 22.8. The number of phenols is 1. The molecular formula is C26H21F3O3. The molecular weight excluding hydrogens is 417 g/mol. The van der Waals surface area contributed by atoms with Crippen molar-refractivity contribution >= 4 is 11.6 Å². The largest absolute Gasteiger partial charge is 0.508 e. The third kappa shape index (κ3) is 4.59. The summed E-state index contributed by atoms with van der Waals surface area (Å²) in [4.78, 5) is 25.2. The second-order valence-electron chi connectivity index (χ2n) is 8.12. The van der Waals surface area contributed by atoms with E-state index in [0.717, 1.165) is 23.6 Å². The number of fused-ring (bicyclic) bond motifs is 1. The van der Waals surface area contributed by atoms with E-state index in [4.69, 9.17) is 0 Å². The van der Waals surface area contributed by atoms with Crippen LogP contribution in [0.4, 0.5) is 13.2 Å². The number of halogens is 3. The molecule has 0 aromatic heterocycles. The highest BCUT2D eigenvalue weighted by Crippen LogP contribution is 2.30. The van der Waals surface area contributed by atoms with Crippen molar-refractivity contribution in [1.29, 1.82) is 0 Å². The zero-order valence-electron chi connectivity index (χ0n) is 17.2. The van der Waals surface area contributed by atoms with Crippen LogP contribution in [0.25, 0.3) is 0 Å². The summed E-state index contributed by atoms with van der Waals surface area (Å²) in [5.41, 5.74) is 2.83. The summed E-state index contributed by atoms with van der Waals surface area (Å²) in [5.74, 6) is -3.46. The van der Waals surface area contributed by atoms with Crippen LogP contribution in [0.5, 0.6) is 5.75 Å². The SMILES string of the molecule is O=C(CCc1cc(F)c(F)cc1F)c1ccc(CC2CCc3cc(O)ccc3C2=O)cc1.